The molecule has 0 radical (unpaired) electrons. The lowest BCUT2D eigenvalue weighted by atomic mass is 10.1. The van der Waals surface area contributed by atoms with E-state index in [1.54, 1.807) is 37.4 Å². The van der Waals surface area contributed by atoms with Gasteiger partial charge in [-0.2, -0.15) is 0 Å². The van der Waals surface area contributed by atoms with E-state index in [9.17, 15) is 9.59 Å². The summed E-state index contributed by atoms with van der Waals surface area (Å²) in [6, 6.07) is 14.3. The molecule has 0 unspecified atom stereocenters. The van der Waals surface area contributed by atoms with Crippen LogP contribution in [0, 0.1) is 0 Å². The van der Waals surface area contributed by atoms with E-state index in [-0.39, 0.29) is 18.2 Å². The van der Waals surface area contributed by atoms with Crippen molar-refractivity contribution in [2.45, 2.75) is 13.5 Å². The second-order valence-corrected chi connectivity index (χ2v) is 5.39. The predicted octanol–water partition coefficient (Wildman–Crippen LogP) is 4.03. The summed E-state index contributed by atoms with van der Waals surface area (Å²) in [6.45, 7) is 1.72. The van der Waals surface area contributed by atoms with Crippen molar-refractivity contribution in [1.82, 2.24) is 0 Å². The van der Waals surface area contributed by atoms with Gasteiger partial charge < -0.3 is 14.5 Å². The fraction of sp³-hybridized carbons (Fsp3) is 0.158. The summed E-state index contributed by atoms with van der Waals surface area (Å²) in [5.41, 5.74) is 2.22. The Hall–Kier alpha value is -2.92. The number of hydrogen-bond acceptors (Lipinski definition) is 4. The molecule has 0 aliphatic rings. The summed E-state index contributed by atoms with van der Waals surface area (Å²) in [4.78, 5) is 24.4. The number of amides is 1. The van der Waals surface area contributed by atoms with Crippen LogP contribution in [0.1, 0.15) is 33.4 Å². The van der Waals surface area contributed by atoms with Crippen LogP contribution in [0.2, 0.25) is 0 Å². The lowest BCUT2D eigenvalue weighted by molar-refractivity contribution is 0.0992. The van der Waals surface area contributed by atoms with Gasteiger partial charge in [0.2, 0.25) is 0 Å². The fourth-order valence-electron chi connectivity index (χ4n) is 2.65. The molecule has 3 aromatic rings. The van der Waals surface area contributed by atoms with Crippen molar-refractivity contribution in [1.29, 1.82) is 0 Å². The fourth-order valence-corrected chi connectivity index (χ4v) is 2.65. The molecule has 0 aliphatic heterocycles. The summed E-state index contributed by atoms with van der Waals surface area (Å²) < 4.78 is 10.9. The average molecular weight is 323 g/mol. The van der Waals surface area contributed by atoms with Crippen LogP contribution in [-0.4, -0.2) is 18.8 Å². The Balaban J connectivity index is 2.00. The molecule has 3 rings (SSSR count). The molecule has 0 atom stereocenters. The van der Waals surface area contributed by atoms with Crippen LogP contribution in [-0.2, 0) is 11.3 Å². The smallest absolute Gasteiger partial charge is 0.291 e. The van der Waals surface area contributed by atoms with Gasteiger partial charge in [-0.05, 0) is 25.1 Å². The number of anilines is 1. The average Bonchev–Trinajstić information content (AvgIpc) is 2.94. The molecule has 1 N–H and O–H groups in total. The number of ether oxygens (including phenoxy) is 1. The van der Waals surface area contributed by atoms with E-state index in [0.29, 0.717) is 22.4 Å². The minimum atomic E-state index is -0.410. The number of fused-ring (bicyclic) bond motifs is 1. The first-order valence-corrected chi connectivity index (χ1v) is 7.52. The second kappa shape index (κ2) is 6.68. The van der Waals surface area contributed by atoms with Gasteiger partial charge in [-0.1, -0.05) is 30.3 Å². The Labute approximate surface area is 139 Å². The minimum Gasteiger partial charge on any atom is -0.451 e. The Morgan fingerprint density at radius 3 is 2.54 bits per heavy atom. The molecule has 1 aromatic heterocycles. The molecule has 122 valence electrons. The topological polar surface area (TPSA) is 68.5 Å². The first-order chi connectivity index (χ1) is 11.6. The van der Waals surface area contributed by atoms with Crippen LogP contribution in [0.15, 0.2) is 52.9 Å². The molecule has 24 heavy (non-hydrogen) atoms. The summed E-state index contributed by atoms with van der Waals surface area (Å²) >= 11 is 0. The Morgan fingerprint density at radius 1 is 1.08 bits per heavy atom. The lowest BCUT2D eigenvalue weighted by Crippen LogP contribution is -2.15. The van der Waals surface area contributed by atoms with Crippen molar-refractivity contribution in [2.24, 2.45) is 0 Å². The highest BCUT2D eigenvalue weighted by Gasteiger charge is 2.21. The standard InChI is InChI=1S/C19H17NO4/c1-12(21)13-7-3-5-9-16(13)20-19(22)18-15(11-23-2)14-8-4-6-10-17(14)24-18/h3-10H,11H2,1-2H3,(H,20,22). The van der Waals surface area contributed by atoms with E-state index in [0.717, 1.165) is 5.39 Å². The Bertz CT molecular complexity index is 911. The van der Waals surface area contributed by atoms with Crippen LogP contribution in [0.25, 0.3) is 11.0 Å². The normalized spacial score (nSPS) is 10.8. The van der Waals surface area contributed by atoms with Gasteiger partial charge in [0.05, 0.1) is 12.3 Å². The minimum absolute atomic E-state index is 0.118. The molecule has 5 heteroatoms. The quantitative estimate of drug-likeness (QED) is 0.720. The molecule has 0 bridgehead atoms. The largest absolute Gasteiger partial charge is 0.451 e. The zero-order valence-corrected chi connectivity index (χ0v) is 13.5. The number of nitrogens with one attached hydrogen (secondary N) is 1. The third kappa shape index (κ3) is 2.94. The van der Waals surface area contributed by atoms with Gasteiger partial charge in [0.15, 0.2) is 11.5 Å². The van der Waals surface area contributed by atoms with E-state index < -0.39 is 5.91 Å². The van der Waals surface area contributed by atoms with E-state index in [2.05, 4.69) is 5.32 Å². The van der Waals surface area contributed by atoms with Gasteiger partial charge in [0.1, 0.15) is 5.58 Å². The van der Waals surface area contributed by atoms with Crippen LogP contribution >= 0.6 is 0 Å². The number of benzene rings is 2. The van der Waals surface area contributed by atoms with Gasteiger partial charge in [-0.15, -0.1) is 0 Å². The van der Waals surface area contributed by atoms with E-state index >= 15 is 0 Å². The molecule has 0 aliphatic carbocycles. The number of methoxy groups -OCH3 is 1. The summed E-state index contributed by atoms with van der Waals surface area (Å²) in [6.07, 6.45) is 0. The van der Waals surface area contributed by atoms with Crippen molar-refractivity contribution in [3.8, 4) is 0 Å². The SMILES string of the molecule is COCc1c(C(=O)Nc2ccccc2C(C)=O)oc2ccccc12. The molecule has 1 amide bonds. The summed E-state index contributed by atoms with van der Waals surface area (Å²) in [7, 11) is 1.56. The first-order valence-electron chi connectivity index (χ1n) is 7.52. The van der Waals surface area contributed by atoms with Crippen molar-refractivity contribution < 1.29 is 18.7 Å². The number of para-hydroxylation sites is 2. The van der Waals surface area contributed by atoms with Gasteiger partial charge in [0, 0.05) is 23.6 Å². The second-order valence-electron chi connectivity index (χ2n) is 5.39. The molecular weight excluding hydrogens is 306 g/mol. The Kier molecular flexibility index (Phi) is 4.44. The number of hydrogen-bond donors (Lipinski definition) is 1. The Morgan fingerprint density at radius 2 is 1.79 bits per heavy atom. The van der Waals surface area contributed by atoms with Crippen molar-refractivity contribution in [3.05, 3.63) is 65.4 Å². The van der Waals surface area contributed by atoms with Crippen LogP contribution in [0.5, 0.6) is 0 Å². The van der Waals surface area contributed by atoms with E-state index in [4.69, 9.17) is 9.15 Å². The number of rotatable bonds is 5. The van der Waals surface area contributed by atoms with Crippen LogP contribution in [0.4, 0.5) is 5.69 Å². The number of Topliss-reactive ketones (excluding diaryl/α,β-unsaturated/α-hetero) is 1. The van der Waals surface area contributed by atoms with Crippen LogP contribution in [0.3, 0.4) is 0 Å². The molecule has 2 aromatic carbocycles. The van der Waals surface area contributed by atoms with Crippen molar-refractivity contribution in [3.63, 3.8) is 0 Å². The monoisotopic (exact) mass is 323 g/mol. The van der Waals surface area contributed by atoms with Gasteiger partial charge in [-0.25, -0.2) is 0 Å². The third-order valence-corrected chi connectivity index (χ3v) is 3.75. The molecule has 5 nitrogen and oxygen atoms in total. The molecule has 0 fully saturated rings. The van der Waals surface area contributed by atoms with Crippen LogP contribution < -0.4 is 5.32 Å². The highest BCUT2D eigenvalue weighted by atomic mass is 16.5. The molecule has 0 saturated heterocycles. The van der Waals surface area contributed by atoms with Gasteiger partial charge in [-0.3, -0.25) is 9.59 Å². The molecule has 1 heterocycles. The zero-order chi connectivity index (χ0) is 17.1. The third-order valence-electron chi connectivity index (χ3n) is 3.75. The summed E-state index contributed by atoms with van der Waals surface area (Å²) in [5, 5.41) is 3.60. The van der Waals surface area contributed by atoms with E-state index in [1.807, 2.05) is 18.2 Å². The number of carbonyl (C=O) groups excluding carboxylic acids is 2. The van der Waals surface area contributed by atoms with Crippen molar-refractivity contribution in [2.75, 3.05) is 12.4 Å². The predicted molar refractivity (Wildman–Crippen MR) is 91.3 cm³/mol. The highest BCUT2D eigenvalue weighted by Crippen LogP contribution is 2.27. The maximum Gasteiger partial charge on any atom is 0.291 e. The molecule has 0 saturated carbocycles. The lowest BCUT2D eigenvalue weighted by Gasteiger charge is -2.08. The maximum absolute atomic E-state index is 12.7. The van der Waals surface area contributed by atoms with Crippen molar-refractivity contribution >= 4 is 28.3 Å². The maximum atomic E-state index is 12.7. The van der Waals surface area contributed by atoms with E-state index in [1.165, 1.54) is 6.92 Å². The molecular formula is C19H17NO4. The van der Waals surface area contributed by atoms with Gasteiger partial charge >= 0.3 is 0 Å². The first kappa shape index (κ1) is 16.0. The summed E-state index contributed by atoms with van der Waals surface area (Å²) in [5.74, 6) is -0.337. The zero-order valence-electron chi connectivity index (χ0n) is 13.5. The number of ketones is 1. The number of furan rings is 1. The highest BCUT2D eigenvalue weighted by molar-refractivity contribution is 6.10. The molecule has 0 spiro atoms. The van der Waals surface area contributed by atoms with Gasteiger partial charge in [0.25, 0.3) is 5.91 Å². The number of carbonyl (C=O) groups is 2.